The van der Waals surface area contributed by atoms with Crippen molar-refractivity contribution in [3.63, 3.8) is 0 Å². The summed E-state index contributed by atoms with van der Waals surface area (Å²) in [6.45, 7) is 7.09. The van der Waals surface area contributed by atoms with Gasteiger partial charge in [-0.15, -0.1) is 0 Å². The quantitative estimate of drug-likeness (QED) is 0.679. The van der Waals surface area contributed by atoms with E-state index in [4.69, 9.17) is 0 Å². The standard InChI is InChI=1S/C14H19N/c1-4-9-7-15-8-12-11(9)5-10-6-13(12)14(10,2)3/h7-8,10,13H,4-6H2,1-3H3/t10?,13-/m1/s1. The van der Waals surface area contributed by atoms with Gasteiger partial charge in [0.25, 0.3) is 0 Å². The van der Waals surface area contributed by atoms with Crippen LogP contribution in [0.3, 0.4) is 0 Å². The highest BCUT2D eigenvalue weighted by Crippen LogP contribution is 2.62. The molecular weight excluding hydrogens is 182 g/mol. The van der Waals surface area contributed by atoms with E-state index in [9.17, 15) is 0 Å². The molecule has 1 nitrogen and oxygen atoms in total. The van der Waals surface area contributed by atoms with Gasteiger partial charge in [0.1, 0.15) is 0 Å². The number of aryl methyl sites for hydroxylation is 1. The van der Waals surface area contributed by atoms with Gasteiger partial charge in [0, 0.05) is 12.4 Å². The van der Waals surface area contributed by atoms with Crippen molar-refractivity contribution in [1.29, 1.82) is 0 Å². The topological polar surface area (TPSA) is 12.9 Å². The van der Waals surface area contributed by atoms with Crippen LogP contribution in [0.1, 0.15) is 49.8 Å². The molecular formula is C14H19N. The number of rotatable bonds is 1. The fraction of sp³-hybridized carbons (Fsp3) is 0.643. The minimum absolute atomic E-state index is 0.529. The molecule has 1 aromatic rings. The Labute approximate surface area is 91.9 Å². The van der Waals surface area contributed by atoms with Crippen molar-refractivity contribution < 1.29 is 0 Å². The van der Waals surface area contributed by atoms with Gasteiger partial charge in [-0.25, -0.2) is 0 Å². The van der Waals surface area contributed by atoms with Crippen LogP contribution in [-0.2, 0) is 12.8 Å². The minimum Gasteiger partial charge on any atom is -0.264 e. The van der Waals surface area contributed by atoms with E-state index < -0.39 is 0 Å². The molecule has 1 heterocycles. The zero-order chi connectivity index (χ0) is 10.6. The number of pyridine rings is 1. The van der Waals surface area contributed by atoms with Crippen molar-refractivity contribution in [3.05, 3.63) is 29.1 Å². The molecule has 2 atom stereocenters. The van der Waals surface area contributed by atoms with E-state index in [0.29, 0.717) is 5.41 Å². The van der Waals surface area contributed by atoms with Gasteiger partial charge in [-0.05, 0) is 53.2 Å². The number of aromatic nitrogens is 1. The van der Waals surface area contributed by atoms with E-state index in [-0.39, 0.29) is 0 Å². The average Bonchev–Trinajstić information content (AvgIpc) is 2.27. The third-order valence-corrected chi connectivity index (χ3v) is 4.86. The molecule has 1 fully saturated rings. The van der Waals surface area contributed by atoms with Gasteiger partial charge in [0.2, 0.25) is 0 Å². The fourth-order valence-corrected chi connectivity index (χ4v) is 3.54. The van der Waals surface area contributed by atoms with Gasteiger partial charge in [-0.3, -0.25) is 4.98 Å². The number of hydrogen-bond acceptors (Lipinski definition) is 1. The third kappa shape index (κ3) is 1.07. The Kier molecular flexibility index (Phi) is 1.78. The van der Waals surface area contributed by atoms with E-state index in [0.717, 1.165) is 18.3 Å². The molecule has 3 aliphatic rings. The summed E-state index contributed by atoms with van der Waals surface area (Å²) in [5, 5.41) is 0. The summed E-state index contributed by atoms with van der Waals surface area (Å²) in [4.78, 5) is 4.41. The Morgan fingerprint density at radius 1 is 1.40 bits per heavy atom. The van der Waals surface area contributed by atoms with E-state index >= 15 is 0 Å². The van der Waals surface area contributed by atoms with Gasteiger partial charge in [-0.2, -0.15) is 0 Å². The largest absolute Gasteiger partial charge is 0.264 e. The summed E-state index contributed by atoms with van der Waals surface area (Å²) in [5.41, 5.74) is 5.20. The Hall–Kier alpha value is -0.850. The van der Waals surface area contributed by atoms with Crippen molar-refractivity contribution in [2.24, 2.45) is 11.3 Å². The predicted molar refractivity (Wildman–Crippen MR) is 61.9 cm³/mol. The van der Waals surface area contributed by atoms with Crippen molar-refractivity contribution in [1.82, 2.24) is 4.98 Å². The lowest BCUT2D eigenvalue weighted by molar-refractivity contribution is 0.0179. The molecule has 2 bridgehead atoms. The minimum atomic E-state index is 0.529. The third-order valence-electron chi connectivity index (χ3n) is 4.86. The highest BCUT2D eigenvalue weighted by molar-refractivity contribution is 5.42. The lowest BCUT2D eigenvalue weighted by Gasteiger charge is -2.57. The second kappa shape index (κ2) is 2.84. The number of hydrogen-bond donors (Lipinski definition) is 0. The van der Waals surface area contributed by atoms with Crippen LogP contribution in [0, 0.1) is 11.3 Å². The van der Waals surface area contributed by atoms with E-state index in [2.05, 4.69) is 38.1 Å². The van der Waals surface area contributed by atoms with Crippen molar-refractivity contribution in [2.75, 3.05) is 0 Å². The van der Waals surface area contributed by atoms with E-state index in [1.807, 2.05) is 0 Å². The summed E-state index contributed by atoms with van der Waals surface area (Å²) in [6, 6.07) is 0. The Bertz CT molecular complexity index is 406. The first-order valence-corrected chi connectivity index (χ1v) is 6.10. The molecule has 15 heavy (non-hydrogen) atoms. The predicted octanol–water partition coefficient (Wildman–Crippen LogP) is 3.33. The van der Waals surface area contributed by atoms with Gasteiger partial charge >= 0.3 is 0 Å². The zero-order valence-electron chi connectivity index (χ0n) is 9.88. The summed E-state index contributed by atoms with van der Waals surface area (Å²) in [7, 11) is 0. The van der Waals surface area contributed by atoms with Crippen molar-refractivity contribution in [3.8, 4) is 0 Å². The summed E-state index contributed by atoms with van der Waals surface area (Å²) in [5.74, 6) is 1.70. The molecule has 0 aromatic carbocycles. The van der Waals surface area contributed by atoms with Crippen LogP contribution in [0.25, 0.3) is 0 Å². The smallest absolute Gasteiger partial charge is 0.0305 e. The van der Waals surface area contributed by atoms with Crippen LogP contribution in [-0.4, -0.2) is 4.98 Å². The van der Waals surface area contributed by atoms with Crippen LogP contribution < -0.4 is 0 Å². The SMILES string of the molecule is CCc1cncc2c1CC1C[C@H]2C1(C)C. The van der Waals surface area contributed by atoms with Gasteiger partial charge in [0.15, 0.2) is 0 Å². The molecule has 1 saturated carbocycles. The Morgan fingerprint density at radius 3 is 2.87 bits per heavy atom. The summed E-state index contributed by atoms with van der Waals surface area (Å²) in [6.07, 6.45) is 8.02. The molecule has 1 unspecified atom stereocenters. The van der Waals surface area contributed by atoms with Crippen molar-refractivity contribution in [2.45, 2.75) is 46.0 Å². The van der Waals surface area contributed by atoms with Crippen LogP contribution in [0.2, 0.25) is 0 Å². The van der Waals surface area contributed by atoms with Crippen LogP contribution in [0.5, 0.6) is 0 Å². The van der Waals surface area contributed by atoms with Crippen LogP contribution in [0.4, 0.5) is 0 Å². The first kappa shape index (κ1) is 9.38. The first-order chi connectivity index (χ1) is 7.14. The number of nitrogens with zero attached hydrogens (tertiary/aromatic N) is 1. The highest BCUT2D eigenvalue weighted by Gasteiger charge is 2.52. The molecule has 0 amide bonds. The van der Waals surface area contributed by atoms with Crippen LogP contribution in [0.15, 0.2) is 12.4 Å². The second-order valence-corrected chi connectivity index (χ2v) is 5.73. The molecule has 0 N–H and O–H groups in total. The zero-order valence-corrected chi connectivity index (χ0v) is 9.88. The van der Waals surface area contributed by atoms with Gasteiger partial charge in [-0.1, -0.05) is 20.8 Å². The fourth-order valence-electron chi connectivity index (χ4n) is 3.54. The maximum Gasteiger partial charge on any atom is 0.0305 e. The molecule has 0 saturated heterocycles. The Balaban J connectivity index is 2.12. The molecule has 1 heteroatoms. The monoisotopic (exact) mass is 201 g/mol. The molecule has 3 aliphatic carbocycles. The average molecular weight is 201 g/mol. The molecule has 0 radical (unpaired) electrons. The second-order valence-electron chi connectivity index (χ2n) is 5.73. The molecule has 0 aliphatic heterocycles. The summed E-state index contributed by atoms with van der Waals surface area (Å²) >= 11 is 0. The summed E-state index contributed by atoms with van der Waals surface area (Å²) < 4.78 is 0. The van der Waals surface area contributed by atoms with E-state index in [1.54, 1.807) is 11.1 Å². The molecule has 4 rings (SSSR count). The van der Waals surface area contributed by atoms with Gasteiger partial charge < -0.3 is 0 Å². The molecule has 80 valence electrons. The maximum absolute atomic E-state index is 4.41. The van der Waals surface area contributed by atoms with Gasteiger partial charge in [0.05, 0.1) is 0 Å². The lowest BCUT2D eigenvalue weighted by atomic mass is 9.47. The maximum atomic E-state index is 4.41. The van der Waals surface area contributed by atoms with Crippen molar-refractivity contribution >= 4 is 0 Å². The molecule has 0 spiro atoms. The highest BCUT2D eigenvalue weighted by atomic mass is 14.7. The lowest BCUT2D eigenvalue weighted by Crippen LogP contribution is -2.48. The normalized spacial score (nSPS) is 30.6. The molecule has 1 aromatic heterocycles. The Morgan fingerprint density at radius 2 is 2.20 bits per heavy atom. The van der Waals surface area contributed by atoms with E-state index in [1.165, 1.54) is 18.4 Å². The van der Waals surface area contributed by atoms with Crippen LogP contribution >= 0.6 is 0 Å². The first-order valence-electron chi connectivity index (χ1n) is 6.10.